The first-order chi connectivity index (χ1) is 8.86. The second-order valence-electron chi connectivity index (χ2n) is 7.08. The zero-order valence-corrected chi connectivity index (χ0v) is 14.0. The minimum Gasteiger partial charge on any atom is -0.312 e. The second-order valence-corrected chi connectivity index (χ2v) is 7.08. The summed E-state index contributed by atoms with van der Waals surface area (Å²) in [6.45, 7) is 14.2. The van der Waals surface area contributed by atoms with Crippen molar-refractivity contribution in [2.75, 3.05) is 40.3 Å². The Bertz CT molecular complexity index is 248. The van der Waals surface area contributed by atoms with Crippen LogP contribution in [-0.4, -0.2) is 61.7 Å². The lowest BCUT2D eigenvalue weighted by molar-refractivity contribution is 0.135. The number of rotatable bonds is 7. The van der Waals surface area contributed by atoms with E-state index in [0.717, 1.165) is 12.5 Å². The van der Waals surface area contributed by atoms with Crippen LogP contribution in [0.2, 0.25) is 0 Å². The van der Waals surface area contributed by atoms with E-state index in [2.05, 4.69) is 56.9 Å². The van der Waals surface area contributed by atoms with Crippen LogP contribution in [0.5, 0.6) is 0 Å². The smallest absolute Gasteiger partial charge is 0.0271 e. The normalized spacial score (nSPS) is 23.8. The summed E-state index contributed by atoms with van der Waals surface area (Å²) in [5.41, 5.74) is 0.228. The van der Waals surface area contributed by atoms with Crippen LogP contribution < -0.4 is 5.32 Å². The van der Waals surface area contributed by atoms with Crippen molar-refractivity contribution in [3.8, 4) is 0 Å². The maximum absolute atomic E-state index is 3.77. The topological polar surface area (TPSA) is 18.5 Å². The lowest BCUT2D eigenvalue weighted by atomic mass is 9.90. The van der Waals surface area contributed by atoms with E-state index in [1.807, 2.05) is 0 Å². The first-order valence-electron chi connectivity index (χ1n) is 8.00. The largest absolute Gasteiger partial charge is 0.312 e. The van der Waals surface area contributed by atoms with Crippen molar-refractivity contribution in [2.45, 2.75) is 58.5 Å². The predicted molar refractivity (Wildman–Crippen MR) is 84.7 cm³/mol. The van der Waals surface area contributed by atoms with E-state index in [1.54, 1.807) is 0 Å². The molecular weight excluding hydrogens is 234 g/mol. The fourth-order valence-electron chi connectivity index (χ4n) is 2.75. The van der Waals surface area contributed by atoms with Gasteiger partial charge in [0.05, 0.1) is 0 Å². The number of likely N-dealkylation sites (tertiary alicyclic amines) is 1. The van der Waals surface area contributed by atoms with E-state index < -0.39 is 0 Å². The van der Waals surface area contributed by atoms with Gasteiger partial charge in [-0.25, -0.2) is 0 Å². The zero-order valence-electron chi connectivity index (χ0n) is 14.0. The highest BCUT2D eigenvalue weighted by Gasteiger charge is 2.26. The van der Waals surface area contributed by atoms with Crippen LogP contribution in [0.1, 0.15) is 47.0 Å². The molecule has 0 amide bonds. The molecule has 114 valence electrons. The molecule has 19 heavy (non-hydrogen) atoms. The van der Waals surface area contributed by atoms with Gasteiger partial charge < -0.3 is 15.1 Å². The summed E-state index contributed by atoms with van der Waals surface area (Å²) < 4.78 is 0. The molecule has 1 fully saturated rings. The Morgan fingerprint density at radius 2 is 2.05 bits per heavy atom. The Morgan fingerprint density at radius 1 is 1.37 bits per heavy atom. The molecule has 0 aliphatic carbocycles. The minimum absolute atomic E-state index is 0.228. The minimum atomic E-state index is 0.228. The molecule has 1 saturated heterocycles. The van der Waals surface area contributed by atoms with Crippen molar-refractivity contribution in [3.63, 3.8) is 0 Å². The van der Waals surface area contributed by atoms with Crippen molar-refractivity contribution < 1.29 is 0 Å². The van der Waals surface area contributed by atoms with Gasteiger partial charge in [-0.15, -0.1) is 0 Å². The molecule has 0 spiro atoms. The molecule has 0 aromatic heterocycles. The predicted octanol–water partition coefficient (Wildman–Crippen LogP) is 2.43. The Morgan fingerprint density at radius 3 is 2.63 bits per heavy atom. The summed E-state index contributed by atoms with van der Waals surface area (Å²) in [7, 11) is 4.33. The van der Waals surface area contributed by atoms with Gasteiger partial charge >= 0.3 is 0 Å². The van der Waals surface area contributed by atoms with Crippen LogP contribution in [0.3, 0.4) is 0 Å². The monoisotopic (exact) mass is 269 g/mol. The Balaban J connectivity index is 2.38. The van der Waals surface area contributed by atoms with Crippen LogP contribution in [0.15, 0.2) is 0 Å². The van der Waals surface area contributed by atoms with Crippen LogP contribution in [0, 0.1) is 5.92 Å². The first kappa shape index (κ1) is 16.9. The van der Waals surface area contributed by atoms with Gasteiger partial charge in [-0.3, -0.25) is 0 Å². The fourth-order valence-corrected chi connectivity index (χ4v) is 2.75. The molecule has 2 unspecified atom stereocenters. The summed E-state index contributed by atoms with van der Waals surface area (Å²) in [4.78, 5) is 4.94. The van der Waals surface area contributed by atoms with Gasteiger partial charge in [0, 0.05) is 24.7 Å². The number of nitrogens with one attached hydrogen (secondary N) is 1. The quantitative estimate of drug-likeness (QED) is 0.766. The highest BCUT2D eigenvalue weighted by atomic mass is 15.2. The molecule has 1 rings (SSSR count). The number of likely N-dealkylation sites (N-methyl/N-ethyl adjacent to an activating group) is 1. The molecule has 0 bridgehead atoms. The standard InChI is InChI=1S/C16H35N3/c1-7-10-19-11-8-9-15(12-19)14(2)17-13-16(3,4)18(5)6/h14-15,17H,7-13H2,1-6H3. The third-order valence-electron chi connectivity index (χ3n) is 4.86. The number of hydrogen-bond acceptors (Lipinski definition) is 3. The molecule has 2 atom stereocenters. The summed E-state index contributed by atoms with van der Waals surface area (Å²) in [6.07, 6.45) is 4.03. The van der Waals surface area contributed by atoms with Gasteiger partial charge in [0.2, 0.25) is 0 Å². The van der Waals surface area contributed by atoms with Gasteiger partial charge in [-0.05, 0) is 73.1 Å². The van der Waals surface area contributed by atoms with Gasteiger partial charge in [-0.2, -0.15) is 0 Å². The SMILES string of the molecule is CCCN1CCCC(C(C)NCC(C)(C)N(C)C)C1. The molecule has 3 heteroatoms. The molecule has 0 aromatic carbocycles. The molecule has 0 aromatic rings. The van der Waals surface area contributed by atoms with Gasteiger partial charge in [0.1, 0.15) is 0 Å². The number of hydrogen-bond donors (Lipinski definition) is 1. The van der Waals surface area contributed by atoms with Crippen LogP contribution >= 0.6 is 0 Å². The maximum atomic E-state index is 3.77. The highest BCUT2D eigenvalue weighted by Crippen LogP contribution is 2.20. The zero-order chi connectivity index (χ0) is 14.5. The Hall–Kier alpha value is -0.120. The second kappa shape index (κ2) is 7.61. The number of piperidine rings is 1. The fraction of sp³-hybridized carbons (Fsp3) is 1.00. The van der Waals surface area contributed by atoms with Crippen LogP contribution in [0.4, 0.5) is 0 Å². The third-order valence-corrected chi connectivity index (χ3v) is 4.86. The maximum Gasteiger partial charge on any atom is 0.0271 e. The average molecular weight is 269 g/mol. The van der Waals surface area contributed by atoms with E-state index in [9.17, 15) is 0 Å². The highest BCUT2D eigenvalue weighted by molar-refractivity contribution is 4.85. The Labute approximate surface area is 120 Å². The van der Waals surface area contributed by atoms with Crippen molar-refractivity contribution in [2.24, 2.45) is 5.92 Å². The summed E-state index contributed by atoms with van der Waals surface area (Å²) in [6, 6.07) is 0.624. The number of nitrogens with zero attached hydrogens (tertiary/aromatic N) is 2. The van der Waals surface area contributed by atoms with Crippen molar-refractivity contribution in [1.29, 1.82) is 0 Å². The van der Waals surface area contributed by atoms with E-state index >= 15 is 0 Å². The van der Waals surface area contributed by atoms with E-state index in [-0.39, 0.29) is 5.54 Å². The molecule has 0 radical (unpaired) electrons. The van der Waals surface area contributed by atoms with E-state index in [0.29, 0.717) is 6.04 Å². The average Bonchev–Trinajstić information content (AvgIpc) is 2.36. The van der Waals surface area contributed by atoms with Crippen LogP contribution in [0.25, 0.3) is 0 Å². The molecule has 1 N–H and O–H groups in total. The summed E-state index contributed by atoms with van der Waals surface area (Å²) >= 11 is 0. The molecule has 0 saturated carbocycles. The third kappa shape index (κ3) is 5.41. The van der Waals surface area contributed by atoms with Gasteiger partial charge in [0.15, 0.2) is 0 Å². The van der Waals surface area contributed by atoms with Gasteiger partial charge in [-0.1, -0.05) is 6.92 Å². The lowest BCUT2D eigenvalue weighted by Crippen LogP contribution is -2.52. The molecule has 1 aliphatic rings. The van der Waals surface area contributed by atoms with Crippen molar-refractivity contribution in [1.82, 2.24) is 15.1 Å². The van der Waals surface area contributed by atoms with Crippen molar-refractivity contribution >= 4 is 0 Å². The van der Waals surface area contributed by atoms with Crippen molar-refractivity contribution in [3.05, 3.63) is 0 Å². The molecule has 3 nitrogen and oxygen atoms in total. The van der Waals surface area contributed by atoms with E-state index in [1.165, 1.54) is 38.9 Å². The molecule has 1 aliphatic heterocycles. The van der Waals surface area contributed by atoms with Gasteiger partial charge in [0.25, 0.3) is 0 Å². The van der Waals surface area contributed by atoms with E-state index in [4.69, 9.17) is 0 Å². The first-order valence-corrected chi connectivity index (χ1v) is 8.00. The summed E-state index contributed by atoms with van der Waals surface area (Å²) in [5.74, 6) is 0.818. The Kier molecular flexibility index (Phi) is 6.78. The lowest BCUT2D eigenvalue weighted by Gasteiger charge is -2.39. The summed E-state index contributed by atoms with van der Waals surface area (Å²) in [5, 5.41) is 3.77. The molecule has 1 heterocycles. The molecular formula is C16H35N3. The van der Waals surface area contributed by atoms with Crippen LogP contribution in [-0.2, 0) is 0 Å².